The maximum absolute atomic E-state index is 13.1. The summed E-state index contributed by atoms with van der Waals surface area (Å²) in [5.41, 5.74) is 1.63. The first-order valence-electron chi connectivity index (χ1n) is 7.35. The van der Waals surface area contributed by atoms with E-state index in [4.69, 9.17) is 0 Å². The number of hydrogen-bond donors (Lipinski definition) is 2. The molecule has 0 saturated heterocycles. The van der Waals surface area contributed by atoms with Crippen LogP contribution in [0, 0.1) is 0 Å². The van der Waals surface area contributed by atoms with Crippen molar-refractivity contribution in [3.63, 3.8) is 0 Å². The molecule has 0 unspecified atom stereocenters. The molecule has 0 aliphatic heterocycles. The number of carbonyl (C=O) groups is 1. The normalized spacial score (nSPS) is 11.0. The molecule has 4 rings (SSSR count). The van der Waals surface area contributed by atoms with E-state index in [1.165, 1.54) is 12.1 Å². The van der Waals surface area contributed by atoms with Crippen LogP contribution in [0.2, 0.25) is 0 Å². The first-order chi connectivity index (χ1) is 11.7. The zero-order valence-corrected chi connectivity index (χ0v) is 12.5. The molecule has 5 nitrogen and oxygen atoms in total. The summed E-state index contributed by atoms with van der Waals surface area (Å²) < 4.78 is 0. The Kier molecular flexibility index (Phi) is 3.13. The van der Waals surface area contributed by atoms with E-state index in [1.807, 2.05) is 0 Å². The molecule has 4 aromatic rings. The number of benzene rings is 2. The SMILES string of the molecule is O=C(c1ccc(O)c2ncccc12)c1ccc(O)c2ncccc12. The van der Waals surface area contributed by atoms with Crippen LogP contribution in [-0.2, 0) is 0 Å². The zero-order chi connectivity index (χ0) is 16.7. The van der Waals surface area contributed by atoms with Gasteiger partial charge >= 0.3 is 0 Å². The van der Waals surface area contributed by atoms with Gasteiger partial charge in [0.15, 0.2) is 5.78 Å². The number of aromatic nitrogens is 2. The summed E-state index contributed by atoms with van der Waals surface area (Å²) in [5.74, 6) is -0.162. The van der Waals surface area contributed by atoms with Crippen molar-refractivity contribution >= 4 is 27.6 Å². The maximum atomic E-state index is 13.1. The second-order valence-electron chi connectivity index (χ2n) is 5.39. The first-order valence-corrected chi connectivity index (χ1v) is 7.35. The molecule has 0 spiro atoms. The van der Waals surface area contributed by atoms with Crippen LogP contribution in [0.15, 0.2) is 60.9 Å². The molecule has 0 radical (unpaired) electrons. The van der Waals surface area contributed by atoms with Crippen LogP contribution >= 0.6 is 0 Å². The molecule has 116 valence electrons. The average molecular weight is 316 g/mol. The molecule has 5 heteroatoms. The Morgan fingerprint density at radius 2 is 1.17 bits per heavy atom. The fraction of sp³-hybridized carbons (Fsp3) is 0. The number of aromatic hydroxyl groups is 2. The molecule has 0 aliphatic rings. The predicted octanol–water partition coefficient (Wildman–Crippen LogP) is 3.43. The Balaban J connectivity index is 1.99. The van der Waals surface area contributed by atoms with Gasteiger partial charge in [-0.3, -0.25) is 14.8 Å². The van der Waals surface area contributed by atoms with E-state index in [0.29, 0.717) is 32.9 Å². The summed E-state index contributed by atoms with van der Waals surface area (Å²) in [7, 11) is 0. The van der Waals surface area contributed by atoms with Gasteiger partial charge in [0.05, 0.1) is 0 Å². The minimum absolute atomic E-state index is 0.0272. The summed E-state index contributed by atoms with van der Waals surface area (Å²) in [6, 6.07) is 13.0. The lowest BCUT2D eigenvalue weighted by Gasteiger charge is -2.09. The van der Waals surface area contributed by atoms with Crippen molar-refractivity contribution < 1.29 is 15.0 Å². The molecule has 0 aliphatic carbocycles. The minimum Gasteiger partial charge on any atom is -0.506 e. The quantitative estimate of drug-likeness (QED) is 0.554. The van der Waals surface area contributed by atoms with E-state index in [2.05, 4.69) is 9.97 Å². The average Bonchev–Trinajstić information content (AvgIpc) is 2.62. The Morgan fingerprint density at radius 1 is 0.708 bits per heavy atom. The Hall–Kier alpha value is -3.47. The monoisotopic (exact) mass is 316 g/mol. The molecule has 0 amide bonds. The number of phenolic OH excluding ortho intramolecular Hbond substituents is 2. The van der Waals surface area contributed by atoms with Gasteiger partial charge in [-0.15, -0.1) is 0 Å². The van der Waals surface area contributed by atoms with E-state index < -0.39 is 0 Å². The number of carbonyl (C=O) groups excluding carboxylic acids is 1. The molecule has 24 heavy (non-hydrogen) atoms. The van der Waals surface area contributed by atoms with Crippen molar-refractivity contribution in [2.45, 2.75) is 0 Å². The third-order valence-corrected chi connectivity index (χ3v) is 3.99. The van der Waals surface area contributed by atoms with Gasteiger partial charge in [0.1, 0.15) is 22.5 Å². The highest BCUT2D eigenvalue weighted by Gasteiger charge is 2.18. The van der Waals surface area contributed by atoms with Crippen LogP contribution < -0.4 is 0 Å². The zero-order valence-electron chi connectivity index (χ0n) is 12.5. The van der Waals surface area contributed by atoms with Crippen molar-refractivity contribution in [3.8, 4) is 11.5 Å². The lowest BCUT2D eigenvalue weighted by molar-refractivity contribution is 0.104. The molecule has 0 fully saturated rings. The van der Waals surface area contributed by atoms with Crippen LogP contribution in [0.4, 0.5) is 0 Å². The van der Waals surface area contributed by atoms with Gasteiger partial charge in [0.2, 0.25) is 0 Å². The van der Waals surface area contributed by atoms with Crippen molar-refractivity contribution in [1.82, 2.24) is 9.97 Å². The third-order valence-electron chi connectivity index (χ3n) is 3.99. The molecule has 0 bridgehead atoms. The molecule has 2 aromatic heterocycles. The summed E-state index contributed by atoms with van der Waals surface area (Å²) in [4.78, 5) is 21.4. The highest BCUT2D eigenvalue weighted by Crippen LogP contribution is 2.31. The third kappa shape index (κ3) is 2.06. The number of nitrogens with zero attached hydrogens (tertiary/aromatic N) is 2. The second-order valence-corrected chi connectivity index (χ2v) is 5.39. The summed E-state index contributed by atoms with van der Waals surface area (Å²) in [6.07, 6.45) is 3.13. The number of rotatable bonds is 2. The van der Waals surface area contributed by atoms with Gasteiger partial charge in [0, 0.05) is 34.3 Å². The molecule has 0 saturated carbocycles. The van der Waals surface area contributed by atoms with Crippen LogP contribution in [0.3, 0.4) is 0 Å². The van der Waals surface area contributed by atoms with Crippen LogP contribution in [-0.4, -0.2) is 26.0 Å². The second kappa shape index (κ2) is 5.31. The summed E-state index contributed by atoms with van der Waals surface area (Å²) in [6.45, 7) is 0. The largest absolute Gasteiger partial charge is 0.506 e. The lowest BCUT2D eigenvalue weighted by atomic mass is 9.96. The van der Waals surface area contributed by atoms with Gasteiger partial charge in [0.25, 0.3) is 0 Å². The molecular weight excluding hydrogens is 304 g/mol. The molecular formula is C19H12N2O3. The van der Waals surface area contributed by atoms with Crippen LogP contribution in [0.1, 0.15) is 15.9 Å². The first kappa shape index (κ1) is 14.1. The van der Waals surface area contributed by atoms with Gasteiger partial charge in [-0.1, -0.05) is 12.1 Å². The Bertz CT molecular complexity index is 1020. The van der Waals surface area contributed by atoms with Crippen molar-refractivity contribution in [1.29, 1.82) is 0 Å². The van der Waals surface area contributed by atoms with Crippen LogP contribution in [0.5, 0.6) is 11.5 Å². The summed E-state index contributed by atoms with van der Waals surface area (Å²) in [5, 5.41) is 21.0. The van der Waals surface area contributed by atoms with E-state index in [9.17, 15) is 15.0 Å². The fourth-order valence-corrected chi connectivity index (χ4v) is 2.86. The van der Waals surface area contributed by atoms with Crippen LogP contribution in [0.25, 0.3) is 21.8 Å². The number of hydrogen-bond acceptors (Lipinski definition) is 5. The Morgan fingerprint density at radius 3 is 1.62 bits per heavy atom. The van der Waals surface area contributed by atoms with Gasteiger partial charge in [-0.25, -0.2) is 0 Å². The van der Waals surface area contributed by atoms with E-state index in [-0.39, 0.29) is 17.3 Å². The lowest BCUT2D eigenvalue weighted by Crippen LogP contribution is -2.04. The number of ketones is 1. The van der Waals surface area contributed by atoms with Gasteiger partial charge < -0.3 is 10.2 Å². The minimum atomic E-state index is -0.217. The standard InChI is InChI=1S/C19H12N2O3/c22-15-7-5-13(11-3-1-9-20-17(11)15)19(24)14-6-8-16(23)18-12(14)4-2-10-21-18/h1-10,22-23H. The fourth-order valence-electron chi connectivity index (χ4n) is 2.86. The predicted molar refractivity (Wildman–Crippen MR) is 90.2 cm³/mol. The molecule has 2 aromatic carbocycles. The highest BCUT2D eigenvalue weighted by atomic mass is 16.3. The van der Waals surface area contributed by atoms with Crippen molar-refractivity contribution in [2.24, 2.45) is 0 Å². The van der Waals surface area contributed by atoms with E-state index >= 15 is 0 Å². The molecule has 2 heterocycles. The van der Waals surface area contributed by atoms with Crippen molar-refractivity contribution in [3.05, 3.63) is 72.1 Å². The molecule has 2 N–H and O–H groups in total. The smallest absolute Gasteiger partial charge is 0.194 e. The van der Waals surface area contributed by atoms with Crippen molar-refractivity contribution in [2.75, 3.05) is 0 Å². The number of phenols is 2. The number of fused-ring (bicyclic) bond motifs is 2. The Labute approximate surface area is 136 Å². The number of pyridine rings is 2. The summed E-state index contributed by atoms with van der Waals surface area (Å²) >= 11 is 0. The van der Waals surface area contributed by atoms with Gasteiger partial charge in [-0.2, -0.15) is 0 Å². The maximum Gasteiger partial charge on any atom is 0.194 e. The van der Waals surface area contributed by atoms with E-state index in [1.54, 1.807) is 48.8 Å². The molecule has 0 atom stereocenters. The highest BCUT2D eigenvalue weighted by molar-refractivity contribution is 6.21. The topological polar surface area (TPSA) is 83.3 Å². The van der Waals surface area contributed by atoms with E-state index in [0.717, 1.165) is 0 Å². The van der Waals surface area contributed by atoms with Gasteiger partial charge in [-0.05, 0) is 36.4 Å².